The zero-order chi connectivity index (χ0) is 9.80. The highest BCUT2D eigenvalue weighted by molar-refractivity contribution is 4.80. The van der Waals surface area contributed by atoms with Crippen LogP contribution in [0.15, 0.2) is 0 Å². The summed E-state index contributed by atoms with van der Waals surface area (Å²) >= 11 is 0. The van der Waals surface area contributed by atoms with E-state index in [0.717, 1.165) is 11.8 Å². The maximum absolute atomic E-state index is 3.50. The van der Waals surface area contributed by atoms with Crippen molar-refractivity contribution in [1.82, 2.24) is 10.2 Å². The second kappa shape index (κ2) is 5.13. The molecule has 2 rings (SSSR count). The summed E-state index contributed by atoms with van der Waals surface area (Å²) in [6.45, 7) is 5.19. The Kier molecular flexibility index (Phi) is 3.82. The molecule has 1 N–H and O–H groups in total. The third-order valence-electron chi connectivity index (χ3n) is 3.95. The van der Waals surface area contributed by atoms with Crippen molar-refractivity contribution in [3.63, 3.8) is 0 Å². The monoisotopic (exact) mass is 196 g/mol. The van der Waals surface area contributed by atoms with Crippen LogP contribution in [0.4, 0.5) is 0 Å². The van der Waals surface area contributed by atoms with Gasteiger partial charge in [0, 0.05) is 6.54 Å². The molecule has 2 nitrogen and oxygen atoms in total. The van der Waals surface area contributed by atoms with E-state index in [2.05, 4.69) is 17.3 Å². The molecule has 1 unspecified atom stereocenters. The summed E-state index contributed by atoms with van der Waals surface area (Å²) < 4.78 is 0. The van der Waals surface area contributed by atoms with Crippen LogP contribution in [0.1, 0.15) is 32.1 Å². The van der Waals surface area contributed by atoms with E-state index in [1.54, 1.807) is 0 Å². The molecule has 0 aromatic rings. The molecular weight excluding hydrogens is 172 g/mol. The predicted octanol–water partition coefficient (Wildman–Crippen LogP) is 1.72. The van der Waals surface area contributed by atoms with Gasteiger partial charge in [-0.1, -0.05) is 0 Å². The fourth-order valence-electron chi connectivity index (χ4n) is 3.07. The molecule has 0 saturated carbocycles. The Morgan fingerprint density at radius 2 is 1.71 bits per heavy atom. The van der Waals surface area contributed by atoms with Crippen molar-refractivity contribution < 1.29 is 0 Å². The summed E-state index contributed by atoms with van der Waals surface area (Å²) in [6, 6.07) is 0. The van der Waals surface area contributed by atoms with Crippen molar-refractivity contribution in [2.45, 2.75) is 32.1 Å². The molecule has 2 heterocycles. The van der Waals surface area contributed by atoms with Crippen molar-refractivity contribution in [2.24, 2.45) is 11.8 Å². The van der Waals surface area contributed by atoms with Crippen molar-refractivity contribution in [3.05, 3.63) is 0 Å². The van der Waals surface area contributed by atoms with E-state index in [4.69, 9.17) is 0 Å². The molecule has 0 spiro atoms. The molecule has 0 radical (unpaired) electrons. The minimum absolute atomic E-state index is 1.01. The van der Waals surface area contributed by atoms with Crippen LogP contribution in [0, 0.1) is 11.8 Å². The summed E-state index contributed by atoms with van der Waals surface area (Å²) in [4.78, 5) is 2.50. The first-order valence-corrected chi connectivity index (χ1v) is 6.25. The lowest BCUT2D eigenvalue weighted by Gasteiger charge is -2.25. The molecule has 2 heteroatoms. The van der Waals surface area contributed by atoms with Crippen molar-refractivity contribution in [2.75, 3.05) is 33.2 Å². The minimum atomic E-state index is 1.01. The molecule has 82 valence electrons. The molecule has 2 aliphatic heterocycles. The quantitative estimate of drug-likeness (QED) is 0.687. The van der Waals surface area contributed by atoms with Gasteiger partial charge < -0.3 is 10.2 Å². The van der Waals surface area contributed by atoms with Crippen LogP contribution in [-0.2, 0) is 0 Å². The minimum Gasteiger partial charge on any atom is -0.317 e. The molecule has 0 aromatic heterocycles. The molecule has 2 aliphatic rings. The van der Waals surface area contributed by atoms with E-state index in [1.807, 2.05) is 0 Å². The molecule has 0 aromatic carbocycles. The van der Waals surface area contributed by atoms with Crippen LogP contribution >= 0.6 is 0 Å². The first-order chi connectivity index (χ1) is 6.86. The van der Waals surface area contributed by atoms with E-state index in [1.165, 1.54) is 58.3 Å². The Labute approximate surface area is 88.1 Å². The average Bonchev–Trinajstić information content (AvgIpc) is 2.51. The smallest absolute Gasteiger partial charge is 0.000973 e. The highest BCUT2D eigenvalue weighted by atomic mass is 15.1. The van der Waals surface area contributed by atoms with Gasteiger partial charge in [-0.05, 0) is 70.6 Å². The van der Waals surface area contributed by atoms with E-state index >= 15 is 0 Å². The second-order valence-electron chi connectivity index (χ2n) is 5.11. The van der Waals surface area contributed by atoms with Gasteiger partial charge in [0.05, 0.1) is 0 Å². The van der Waals surface area contributed by atoms with Crippen LogP contribution < -0.4 is 5.32 Å². The lowest BCUT2D eigenvalue weighted by atomic mass is 9.83. The van der Waals surface area contributed by atoms with Gasteiger partial charge in [-0.25, -0.2) is 0 Å². The zero-order valence-corrected chi connectivity index (χ0v) is 9.47. The number of nitrogens with one attached hydrogen (secondary N) is 1. The molecule has 0 aliphatic carbocycles. The largest absolute Gasteiger partial charge is 0.317 e. The van der Waals surface area contributed by atoms with E-state index < -0.39 is 0 Å². The van der Waals surface area contributed by atoms with Gasteiger partial charge in [0.15, 0.2) is 0 Å². The van der Waals surface area contributed by atoms with E-state index in [0.29, 0.717) is 0 Å². The third-order valence-corrected chi connectivity index (χ3v) is 3.95. The third kappa shape index (κ3) is 2.71. The number of hydrogen-bond donors (Lipinski definition) is 1. The molecule has 1 atom stereocenters. The number of rotatable bonds is 1. The van der Waals surface area contributed by atoms with Gasteiger partial charge in [-0.15, -0.1) is 0 Å². The van der Waals surface area contributed by atoms with Crippen molar-refractivity contribution >= 4 is 0 Å². The number of likely N-dealkylation sites (tertiary alicyclic amines) is 1. The van der Waals surface area contributed by atoms with Gasteiger partial charge in [-0.3, -0.25) is 0 Å². The summed E-state index contributed by atoms with van der Waals surface area (Å²) in [7, 11) is 2.27. The second-order valence-corrected chi connectivity index (χ2v) is 5.11. The van der Waals surface area contributed by atoms with Gasteiger partial charge in [0.2, 0.25) is 0 Å². The fraction of sp³-hybridized carbons (Fsp3) is 1.00. The van der Waals surface area contributed by atoms with Crippen LogP contribution in [-0.4, -0.2) is 38.1 Å². The maximum atomic E-state index is 3.50. The molecular formula is C12H24N2. The first-order valence-electron chi connectivity index (χ1n) is 6.25. The highest BCUT2D eigenvalue weighted by Crippen LogP contribution is 2.30. The molecule has 2 fully saturated rings. The first kappa shape index (κ1) is 10.4. The van der Waals surface area contributed by atoms with Crippen molar-refractivity contribution in [1.29, 1.82) is 0 Å². The van der Waals surface area contributed by atoms with Gasteiger partial charge in [0.1, 0.15) is 0 Å². The lowest BCUT2D eigenvalue weighted by molar-refractivity contribution is 0.267. The molecule has 2 saturated heterocycles. The van der Waals surface area contributed by atoms with Gasteiger partial charge in [-0.2, -0.15) is 0 Å². The van der Waals surface area contributed by atoms with Crippen LogP contribution in [0.25, 0.3) is 0 Å². The molecule has 0 bridgehead atoms. The standard InChI is InChI=1S/C12H24N2/c1-14-9-6-12(10-14)11-4-2-7-13-8-3-5-11/h11-13H,2-10H2,1H3. The number of hydrogen-bond acceptors (Lipinski definition) is 2. The summed E-state index contributed by atoms with van der Waals surface area (Å²) in [5.41, 5.74) is 0. The lowest BCUT2D eigenvalue weighted by Crippen LogP contribution is -2.26. The Morgan fingerprint density at radius 3 is 2.29 bits per heavy atom. The van der Waals surface area contributed by atoms with Crippen LogP contribution in [0.2, 0.25) is 0 Å². The van der Waals surface area contributed by atoms with Crippen molar-refractivity contribution in [3.8, 4) is 0 Å². The number of nitrogens with zero attached hydrogens (tertiary/aromatic N) is 1. The Balaban J connectivity index is 1.81. The van der Waals surface area contributed by atoms with Gasteiger partial charge >= 0.3 is 0 Å². The SMILES string of the molecule is CN1CCC(C2CCCNCCC2)C1. The molecule has 0 amide bonds. The van der Waals surface area contributed by atoms with Gasteiger partial charge in [0.25, 0.3) is 0 Å². The summed E-state index contributed by atoms with van der Waals surface area (Å²) in [6.07, 6.45) is 7.17. The Hall–Kier alpha value is -0.0800. The predicted molar refractivity (Wildman–Crippen MR) is 60.4 cm³/mol. The Bertz CT molecular complexity index is 162. The normalized spacial score (nSPS) is 32.8. The summed E-state index contributed by atoms with van der Waals surface area (Å²) in [5, 5.41) is 3.50. The summed E-state index contributed by atoms with van der Waals surface area (Å²) in [5.74, 6) is 2.04. The van der Waals surface area contributed by atoms with Crippen LogP contribution in [0.3, 0.4) is 0 Å². The van der Waals surface area contributed by atoms with E-state index in [9.17, 15) is 0 Å². The average molecular weight is 196 g/mol. The van der Waals surface area contributed by atoms with E-state index in [-0.39, 0.29) is 0 Å². The topological polar surface area (TPSA) is 15.3 Å². The Morgan fingerprint density at radius 1 is 1.00 bits per heavy atom. The maximum Gasteiger partial charge on any atom is 0.000973 e. The fourth-order valence-corrected chi connectivity index (χ4v) is 3.07. The zero-order valence-electron chi connectivity index (χ0n) is 9.47. The molecule has 14 heavy (non-hydrogen) atoms. The van der Waals surface area contributed by atoms with Crippen LogP contribution in [0.5, 0.6) is 0 Å². The highest BCUT2D eigenvalue weighted by Gasteiger charge is 2.27.